The molecule has 0 N–H and O–H groups in total. The van der Waals surface area contributed by atoms with Gasteiger partial charge in [-0.25, -0.2) is 0 Å². The van der Waals surface area contributed by atoms with Gasteiger partial charge in [0.05, 0.1) is 13.2 Å². The Labute approximate surface area is 247 Å². The van der Waals surface area contributed by atoms with Crippen LogP contribution in [0.5, 0.6) is 11.5 Å². The Morgan fingerprint density at radius 1 is 0.585 bits per heavy atom. The number of Topliss-reactive ketones (excluding diaryl/α,β-unsaturated/α-hetero) is 2. The predicted molar refractivity (Wildman–Crippen MR) is 165 cm³/mol. The van der Waals surface area contributed by atoms with Crippen LogP contribution >= 0.6 is 0 Å². The maximum atomic E-state index is 14.1. The number of ketones is 2. The van der Waals surface area contributed by atoms with E-state index in [0.29, 0.717) is 43.9 Å². The molecule has 6 heteroatoms. The number of carbonyl (C=O) groups excluding carboxylic acids is 2. The summed E-state index contributed by atoms with van der Waals surface area (Å²) in [5.41, 5.74) is 1.41. The van der Waals surface area contributed by atoms with Crippen molar-refractivity contribution in [2.24, 2.45) is 11.8 Å². The largest absolute Gasteiger partial charge is 0.494 e. The van der Waals surface area contributed by atoms with Gasteiger partial charge < -0.3 is 19.3 Å². The number of benzene rings is 2. The molecule has 6 nitrogen and oxygen atoms in total. The summed E-state index contributed by atoms with van der Waals surface area (Å²) in [4.78, 5) is 33.2. The summed E-state index contributed by atoms with van der Waals surface area (Å²) in [7, 11) is 0. The maximum absolute atomic E-state index is 14.1. The van der Waals surface area contributed by atoms with Crippen molar-refractivity contribution < 1.29 is 19.1 Å². The number of likely N-dealkylation sites (tertiary alicyclic amines) is 2. The second-order valence-electron chi connectivity index (χ2n) is 11.7. The van der Waals surface area contributed by atoms with E-state index in [2.05, 4.69) is 9.80 Å². The highest BCUT2D eigenvalue weighted by molar-refractivity contribution is 6.00. The fourth-order valence-electron chi connectivity index (χ4n) is 6.37. The lowest BCUT2D eigenvalue weighted by molar-refractivity contribution is 0.0775. The van der Waals surface area contributed by atoms with Crippen molar-refractivity contribution in [1.29, 1.82) is 0 Å². The maximum Gasteiger partial charge on any atom is 0.167 e. The molecule has 0 spiro atoms. The highest BCUT2D eigenvalue weighted by Crippen LogP contribution is 2.27. The van der Waals surface area contributed by atoms with Crippen LogP contribution in [-0.2, 0) is 0 Å². The Kier molecular flexibility index (Phi) is 12.7. The highest BCUT2D eigenvalue weighted by atomic mass is 16.5. The molecule has 2 aliphatic rings. The molecule has 2 unspecified atom stereocenters. The molecule has 0 aliphatic carbocycles. The van der Waals surface area contributed by atoms with E-state index in [1.165, 1.54) is 51.4 Å². The first-order valence-corrected chi connectivity index (χ1v) is 16.1. The smallest absolute Gasteiger partial charge is 0.167 e. The zero-order valence-electron chi connectivity index (χ0n) is 25.3. The van der Waals surface area contributed by atoms with Crippen molar-refractivity contribution in [3.8, 4) is 11.5 Å². The fourth-order valence-corrected chi connectivity index (χ4v) is 6.37. The fraction of sp³-hybridized carbons (Fsp3) is 0.600. The van der Waals surface area contributed by atoms with Gasteiger partial charge in [0.15, 0.2) is 11.6 Å². The Hall–Kier alpha value is -2.70. The first-order chi connectivity index (χ1) is 20.1. The van der Waals surface area contributed by atoms with E-state index in [0.717, 1.165) is 37.7 Å². The minimum absolute atomic E-state index is 0.137. The van der Waals surface area contributed by atoms with Gasteiger partial charge in [-0.05, 0) is 121 Å². The summed E-state index contributed by atoms with van der Waals surface area (Å²) in [5, 5.41) is 0. The van der Waals surface area contributed by atoms with Gasteiger partial charge in [-0.15, -0.1) is 0 Å². The zero-order valence-corrected chi connectivity index (χ0v) is 25.3. The van der Waals surface area contributed by atoms with Gasteiger partial charge >= 0.3 is 0 Å². The molecule has 2 saturated heterocycles. The Morgan fingerprint density at radius 2 is 0.927 bits per heavy atom. The average molecular weight is 563 g/mol. The lowest BCUT2D eigenvalue weighted by Gasteiger charge is -2.31. The zero-order chi connectivity index (χ0) is 28.9. The number of nitrogens with zero attached hydrogens (tertiary/aromatic N) is 2. The monoisotopic (exact) mass is 562 g/mol. The van der Waals surface area contributed by atoms with Gasteiger partial charge in [0.2, 0.25) is 0 Å². The van der Waals surface area contributed by atoms with Crippen molar-refractivity contribution in [3.63, 3.8) is 0 Å². The third-order valence-electron chi connectivity index (χ3n) is 8.56. The normalized spacial score (nSPS) is 18.6. The first-order valence-electron chi connectivity index (χ1n) is 16.1. The standard InChI is InChI=1S/C35H50N2O4/c1-3-40-32-17-13-28(14-18-32)34(38)30(26-36-21-9-5-6-10-22-36)25-31(27-37-23-11-7-8-12-24-37)35(39)29-15-19-33(20-16-29)41-4-2/h13-20,30-31H,3-12,21-27H2,1-2H3. The second kappa shape index (κ2) is 16.7. The summed E-state index contributed by atoms with van der Waals surface area (Å²) >= 11 is 0. The number of ether oxygens (including phenoxy) is 2. The lowest BCUT2D eigenvalue weighted by Crippen LogP contribution is -2.39. The van der Waals surface area contributed by atoms with E-state index in [9.17, 15) is 9.59 Å². The topological polar surface area (TPSA) is 59.1 Å². The van der Waals surface area contributed by atoms with Crippen LogP contribution in [0, 0.1) is 11.8 Å². The molecule has 0 saturated carbocycles. The van der Waals surface area contributed by atoms with Crippen molar-refractivity contribution in [1.82, 2.24) is 9.80 Å². The summed E-state index contributed by atoms with van der Waals surface area (Å²) < 4.78 is 11.2. The number of carbonyl (C=O) groups is 2. The first kappa shape index (κ1) is 31.2. The minimum atomic E-state index is -0.241. The van der Waals surface area contributed by atoms with Crippen molar-refractivity contribution in [2.45, 2.75) is 71.6 Å². The van der Waals surface area contributed by atoms with Crippen molar-refractivity contribution in [2.75, 3.05) is 52.5 Å². The molecule has 224 valence electrons. The van der Waals surface area contributed by atoms with E-state index >= 15 is 0 Å². The van der Waals surface area contributed by atoms with Crippen molar-refractivity contribution in [3.05, 3.63) is 59.7 Å². The van der Waals surface area contributed by atoms with E-state index in [1.807, 2.05) is 62.4 Å². The number of rotatable bonds is 14. The molecule has 2 heterocycles. The van der Waals surface area contributed by atoms with Crippen LogP contribution in [0.15, 0.2) is 48.5 Å². The van der Waals surface area contributed by atoms with Crippen LogP contribution in [0.4, 0.5) is 0 Å². The van der Waals surface area contributed by atoms with Crippen LogP contribution < -0.4 is 9.47 Å². The Balaban J connectivity index is 1.60. The van der Waals surface area contributed by atoms with Gasteiger partial charge in [-0.1, -0.05) is 25.7 Å². The van der Waals surface area contributed by atoms with Gasteiger partial charge in [-0.2, -0.15) is 0 Å². The molecule has 2 aromatic rings. The molecule has 2 atom stereocenters. The molecule has 41 heavy (non-hydrogen) atoms. The van der Waals surface area contributed by atoms with Gasteiger partial charge in [0, 0.05) is 36.1 Å². The Morgan fingerprint density at radius 3 is 1.24 bits per heavy atom. The molecule has 2 aliphatic heterocycles. The summed E-state index contributed by atoms with van der Waals surface area (Å²) in [6.07, 6.45) is 10.3. The lowest BCUT2D eigenvalue weighted by atomic mass is 9.83. The van der Waals surface area contributed by atoms with E-state index in [1.54, 1.807) is 0 Å². The summed E-state index contributed by atoms with van der Waals surface area (Å²) in [6.45, 7) is 10.6. The molecule has 0 radical (unpaired) electrons. The molecule has 0 bridgehead atoms. The quantitative estimate of drug-likeness (QED) is 0.233. The SMILES string of the molecule is CCOc1ccc(C(=O)C(CC(CN2CCCCCC2)C(=O)c2ccc(OCC)cc2)CN2CCCCCC2)cc1. The third-order valence-corrected chi connectivity index (χ3v) is 8.56. The van der Waals surface area contributed by atoms with E-state index in [4.69, 9.17) is 9.47 Å². The summed E-state index contributed by atoms with van der Waals surface area (Å²) in [6, 6.07) is 15.1. The molecular formula is C35H50N2O4. The molecule has 0 aromatic heterocycles. The molecule has 2 aromatic carbocycles. The molecular weight excluding hydrogens is 512 g/mol. The van der Waals surface area contributed by atoms with Gasteiger partial charge in [0.25, 0.3) is 0 Å². The van der Waals surface area contributed by atoms with Crippen molar-refractivity contribution >= 4 is 11.6 Å². The van der Waals surface area contributed by atoms with Crippen LogP contribution in [0.25, 0.3) is 0 Å². The van der Waals surface area contributed by atoms with Crippen LogP contribution in [0.1, 0.15) is 92.4 Å². The molecule has 0 amide bonds. The van der Waals surface area contributed by atoms with Crippen LogP contribution in [0.2, 0.25) is 0 Å². The van der Waals surface area contributed by atoms with E-state index in [-0.39, 0.29) is 23.4 Å². The third kappa shape index (κ3) is 9.68. The number of hydrogen-bond donors (Lipinski definition) is 0. The van der Waals surface area contributed by atoms with Crippen LogP contribution in [0.3, 0.4) is 0 Å². The second-order valence-corrected chi connectivity index (χ2v) is 11.7. The Bertz CT molecular complexity index is 967. The average Bonchev–Trinajstić information content (AvgIpc) is 3.42. The number of hydrogen-bond acceptors (Lipinski definition) is 6. The van der Waals surface area contributed by atoms with Crippen LogP contribution in [-0.4, -0.2) is 73.8 Å². The van der Waals surface area contributed by atoms with Gasteiger partial charge in [-0.3, -0.25) is 9.59 Å². The van der Waals surface area contributed by atoms with E-state index < -0.39 is 0 Å². The predicted octanol–water partition coefficient (Wildman–Crippen LogP) is 6.92. The minimum Gasteiger partial charge on any atom is -0.494 e. The van der Waals surface area contributed by atoms with Gasteiger partial charge in [0.1, 0.15) is 11.5 Å². The molecule has 2 fully saturated rings. The highest BCUT2D eigenvalue weighted by Gasteiger charge is 2.32. The molecule has 4 rings (SSSR count). The summed E-state index contributed by atoms with van der Waals surface area (Å²) in [5.74, 6) is 1.34.